The molecule has 0 spiro atoms. The Balaban J connectivity index is 2.26. The second-order valence-corrected chi connectivity index (χ2v) is 16.0. The van der Waals surface area contributed by atoms with Gasteiger partial charge in [-0.05, 0) is 44.4 Å². The van der Waals surface area contributed by atoms with Crippen LogP contribution in [0.15, 0.2) is 0 Å². The minimum Gasteiger partial charge on any atom is -0.480 e. The van der Waals surface area contributed by atoms with E-state index in [1.165, 1.54) is 0 Å². The molecule has 27 heteroatoms. The zero-order valence-corrected chi connectivity index (χ0v) is 36.4. The molecule has 2 aliphatic rings. The Morgan fingerprint density at radius 2 is 1.16 bits per heavy atom. The molecule has 2 saturated heterocycles. The van der Waals surface area contributed by atoms with E-state index in [0.29, 0.717) is 6.42 Å². The standard InChI is InChI=1S/C37H60N12O14S/c1-17(2)29(34(59)45-20(8-10-26(40)52)35(60)48-11-3-5-23(48)32(57)42-14-28(54)43-22(16-64)37(62)63)47-33(58)24-6-4-12-49(24)36(61)21(13-27(41)53)46-31(56)19(7-9-25(39)51)44-30(55)18(38)15-50/h17-24,29,50,64H,3-16,38H2,1-2H3,(H2,39,51)(H2,40,52)(H2,41,53)(H,42,57)(H,43,54)(H,44,55)(H,45,59)(H,46,56)(H,47,58)(H,62,63)/t18-,19-,20-,21-,22-,23-,24-,29-/m0/s1. The first kappa shape index (κ1) is 54.0. The lowest BCUT2D eigenvalue weighted by atomic mass is 10.0. The van der Waals surface area contributed by atoms with Crippen LogP contribution in [0.3, 0.4) is 0 Å². The molecule has 2 fully saturated rings. The molecule has 0 aromatic carbocycles. The molecule has 0 aromatic heterocycles. The van der Waals surface area contributed by atoms with Gasteiger partial charge in [0, 0.05) is 31.7 Å². The number of nitrogens with two attached hydrogens (primary N) is 4. The summed E-state index contributed by atoms with van der Waals surface area (Å²) in [5, 5.41) is 32.7. The van der Waals surface area contributed by atoms with Gasteiger partial charge in [0.25, 0.3) is 0 Å². The SMILES string of the molecule is CC(C)[C@H](NC(=O)[C@@H]1CCCN1C(=O)[C@H](CC(N)=O)NC(=O)[C@H](CCC(N)=O)NC(=O)[C@@H](N)CO)C(=O)N[C@@H](CCC(N)=O)C(=O)N1CCC[C@H]1C(=O)NCC(=O)N[C@@H](CS)C(=O)O. The van der Waals surface area contributed by atoms with Crippen LogP contribution in [0.1, 0.15) is 71.6 Å². The largest absolute Gasteiger partial charge is 0.480 e. The summed E-state index contributed by atoms with van der Waals surface area (Å²) in [6.45, 7) is 1.77. The number of aliphatic hydroxyl groups excluding tert-OH is 1. The van der Waals surface area contributed by atoms with Gasteiger partial charge in [-0.3, -0.25) is 52.7 Å². The van der Waals surface area contributed by atoms with Crippen LogP contribution in [0.4, 0.5) is 0 Å². The minimum absolute atomic E-state index is 0.0365. The fourth-order valence-electron chi connectivity index (χ4n) is 6.90. The molecule has 0 saturated carbocycles. The molecule has 0 unspecified atom stereocenters. The van der Waals surface area contributed by atoms with Gasteiger partial charge in [0.15, 0.2) is 0 Å². The van der Waals surface area contributed by atoms with E-state index in [1.807, 2.05) is 0 Å². The van der Waals surface area contributed by atoms with Crippen molar-refractivity contribution in [2.24, 2.45) is 28.9 Å². The van der Waals surface area contributed by atoms with Crippen LogP contribution >= 0.6 is 12.6 Å². The number of amides is 11. The van der Waals surface area contributed by atoms with Gasteiger partial charge in [-0.15, -0.1) is 0 Å². The van der Waals surface area contributed by atoms with Gasteiger partial charge in [-0.25, -0.2) is 4.79 Å². The number of hydrogen-bond acceptors (Lipinski definition) is 15. The molecule has 0 aliphatic carbocycles. The Labute approximate surface area is 373 Å². The van der Waals surface area contributed by atoms with Crippen molar-refractivity contribution in [1.29, 1.82) is 0 Å². The van der Waals surface area contributed by atoms with Crippen LogP contribution in [0, 0.1) is 5.92 Å². The van der Waals surface area contributed by atoms with Crippen molar-refractivity contribution in [2.75, 3.05) is 32.0 Å². The number of primary amides is 3. The van der Waals surface area contributed by atoms with Crippen molar-refractivity contribution in [3.8, 4) is 0 Å². The molecule has 0 radical (unpaired) electrons. The van der Waals surface area contributed by atoms with Crippen LogP contribution in [-0.2, 0) is 57.5 Å². The van der Waals surface area contributed by atoms with Gasteiger partial charge in [0.2, 0.25) is 65.0 Å². The van der Waals surface area contributed by atoms with E-state index in [2.05, 4.69) is 44.5 Å². The van der Waals surface area contributed by atoms with Gasteiger partial charge >= 0.3 is 5.97 Å². The highest BCUT2D eigenvalue weighted by Gasteiger charge is 2.42. The van der Waals surface area contributed by atoms with Crippen LogP contribution in [0.25, 0.3) is 0 Å². The third-order valence-electron chi connectivity index (χ3n) is 10.3. The highest BCUT2D eigenvalue weighted by Crippen LogP contribution is 2.22. The molecule has 2 heterocycles. The molecule has 2 aliphatic heterocycles. The first-order valence-electron chi connectivity index (χ1n) is 20.5. The molecule has 2 rings (SSSR count). The predicted octanol–water partition coefficient (Wildman–Crippen LogP) is -7.10. The van der Waals surface area contributed by atoms with Crippen LogP contribution < -0.4 is 54.8 Å². The summed E-state index contributed by atoms with van der Waals surface area (Å²) in [6.07, 6.45) is -1.30. The van der Waals surface area contributed by atoms with Crippen molar-refractivity contribution >= 4 is 83.6 Å². The molecule has 16 N–H and O–H groups in total. The number of rotatable bonds is 26. The van der Waals surface area contributed by atoms with E-state index >= 15 is 0 Å². The predicted molar refractivity (Wildman–Crippen MR) is 224 cm³/mol. The third-order valence-corrected chi connectivity index (χ3v) is 10.7. The monoisotopic (exact) mass is 928 g/mol. The normalized spacial score (nSPS) is 18.6. The molecule has 26 nitrogen and oxygen atoms in total. The number of aliphatic hydroxyl groups is 1. The third kappa shape index (κ3) is 16.6. The Bertz CT molecular complexity index is 1790. The van der Waals surface area contributed by atoms with E-state index in [-0.39, 0.29) is 57.4 Å². The first-order valence-corrected chi connectivity index (χ1v) is 21.1. The summed E-state index contributed by atoms with van der Waals surface area (Å²) in [4.78, 5) is 156. The molecule has 0 bridgehead atoms. The molecular formula is C37H60N12O14S. The van der Waals surface area contributed by atoms with E-state index in [1.54, 1.807) is 13.8 Å². The van der Waals surface area contributed by atoms with Gasteiger partial charge < -0.3 is 74.8 Å². The lowest BCUT2D eigenvalue weighted by molar-refractivity contribution is -0.144. The van der Waals surface area contributed by atoms with Crippen molar-refractivity contribution in [1.82, 2.24) is 41.7 Å². The van der Waals surface area contributed by atoms with E-state index in [0.717, 1.165) is 9.80 Å². The lowest BCUT2D eigenvalue weighted by Gasteiger charge is -2.32. The van der Waals surface area contributed by atoms with Crippen LogP contribution in [-0.4, -0.2) is 171 Å². The maximum Gasteiger partial charge on any atom is 0.327 e. The minimum atomic E-state index is -1.67. The van der Waals surface area contributed by atoms with Gasteiger partial charge in [0.05, 0.1) is 19.6 Å². The maximum absolute atomic E-state index is 13.9. The van der Waals surface area contributed by atoms with Crippen LogP contribution in [0.5, 0.6) is 0 Å². The average molecular weight is 929 g/mol. The number of thiol groups is 1. The van der Waals surface area contributed by atoms with E-state index in [9.17, 15) is 62.6 Å². The van der Waals surface area contributed by atoms with Crippen molar-refractivity contribution in [3.05, 3.63) is 0 Å². The summed E-state index contributed by atoms with van der Waals surface area (Å²) in [7, 11) is 0. The molecule has 0 aromatic rings. The summed E-state index contributed by atoms with van der Waals surface area (Å²) < 4.78 is 0. The van der Waals surface area contributed by atoms with Crippen molar-refractivity contribution in [2.45, 2.75) is 120 Å². The number of hydrogen-bond donors (Lipinski definition) is 13. The lowest BCUT2D eigenvalue weighted by Crippen LogP contribution is -2.61. The maximum atomic E-state index is 13.9. The number of carboxylic acid groups (broad SMARTS) is 1. The molecule has 64 heavy (non-hydrogen) atoms. The Kier molecular flexibility index (Phi) is 21.9. The highest BCUT2D eigenvalue weighted by atomic mass is 32.1. The van der Waals surface area contributed by atoms with Gasteiger partial charge in [0.1, 0.15) is 48.3 Å². The second-order valence-electron chi connectivity index (χ2n) is 15.6. The first-order chi connectivity index (χ1) is 30.0. The second kappa shape index (κ2) is 25.9. The molecule has 11 amide bonds. The molecular weight excluding hydrogens is 869 g/mol. The summed E-state index contributed by atoms with van der Waals surface area (Å²) in [6, 6.07) is -11.1. The van der Waals surface area contributed by atoms with E-state index < -0.39 is 151 Å². The Hall–Kier alpha value is -6.09. The van der Waals surface area contributed by atoms with Crippen molar-refractivity contribution < 1.29 is 67.7 Å². The fraction of sp³-hybridized carbons (Fsp3) is 0.676. The number of carbonyl (C=O) groups is 12. The Morgan fingerprint density at radius 3 is 1.64 bits per heavy atom. The number of aliphatic carboxylic acids is 1. The van der Waals surface area contributed by atoms with E-state index in [4.69, 9.17) is 28.0 Å². The zero-order valence-electron chi connectivity index (χ0n) is 35.5. The topological polar surface area (TPSA) is 428 Å². The zero-order chi connectivity index (χ0) is 48.4. The highest BCUT2D eigenvalue weighted by molar-refractivity contribution is 7.80. The summed E-state index contributed by atoms with van der Waals surface area (Å²) in [5.74, 6) is -11.8. The number of carbonyl (C=O) groups excluding carboxylic acids is 11. The number of nitrogens with zero attached hydrogens (tertiary/aromatic N) is 2. The summed E-state index contributed by atoms with van der Waals surface area (Å²) >= 11 is 3.87. The van der Waals surface area contributed by atoms with Crippen LogP contribution in [0.2, 0.25) is 0 Å². The average Bonchev–Trinajstić information content (AvgIpc) is 3.93. The summed E-state index contributed by atoms with van der Waals surface area (Å²) in [5.41, 5.74) is 21.5. The molecule has 8 atom stereocenters. The number of nitrogens with one attached hydrogen (secondary N) is 6. The number of likely N-dealkylation sites (tertiary alicyclic amines) is 2. The van der Waals surface area contributed by atoms with Gasteiger partial charge in [-0.1, -0.05) is 13.8 Å². The smallest absolute Gasteiger partial charge is 0.327 e. The van der Waals surface area contributed by atoms with Gasteiger partial charge in [-0.2, -0.15) is 12.6 Å². The number of carboxylic acids is 1. The quantitative estimate of drug-likeness (QED) is 0.0359. The molecule has 358 valence electrons. The fourth-order valence-corrected chi connectivity index (χ4v) is 7.15. The Morgan fingerprint density at radius 1 is 0.656 bits per heavy atom. The van der Waals surface area contributed by atoms with Crippen molar-refractivity contribution in [3.63, 3.8) is 0 Å².